The van der Waals surface area contributed by atoms with Gasteiger partial charge in [0.15, 0.2) is 0 Å². The second kappa shape index (κ2) is 3.97. The van der Waals surface area contributed by atoms with Crippen LogP contribution < -0.4 is 5.32 Å². The highest BCUT2D eigenvalue weighted by molar-refractivity contribution is 5.12. The Kier molecular flexibility index (Phi) is 2.49. The maximum absolute atomic E-state index is 4.28. The van der Waals surface area contributed by atoms with Crippen molar-refractivity contribution in [3.63, 3.8) is 0 Å². The van der Waals surface area contributed by atoms with Crippen LogP contribution in [0.3, 0.4) is 0 Å². The van der Waals surface area contributed by atoms with Crippen molar-refractivity contribution in [1.29, 1.82) is 0 Å². The van der Waals surface area contributed by atoms with Crippen molar-refractivity contribution < 1.29 is 0 Å². The SMILES string of the molecule is c1ncn(CC2CCCCN2)c1C1CC1. The van der Waals surface area contributed by atoms with Gasteiger partial charge in [0.2, 0.25) is 0 Å². The zero-order chi connectivity index (χ0) is 10.1. The van der Waals surface area contributed by atoms with Gasteiger partial charge >= 0.3 is 0 Å². The normalized spacial score (nSPS) is 26.8. The van der Waals surface area contributed by atoms with Crippen LogP contribution >= 0.6 is 0 Å². The van der Waals surface area contributed by atoms with Crippen molar-refractivity contribution in [1.82, 2.24) is 14.9 Å². The topological polar surface area (TPSA) is 29.9 Å². The first-order valence-electron chi connectivity index (χ1n) is 6.17. The van der Waals surface area contributed by atoms with E-state index in [-0.39, 0.29) is 0 Å². The molecule has 3 heteroatoms. The van der Waals surface area contributed by atoms with Crippen molar-refractivity contribution in [3.8, 4) is 0 Å². The third-order valence-corrected chi connectivity index (χ3v) is 3.57. The molecule has 1 saturated carbocycles. The van der Waals surface area contributed by atoms with Gasteiger partial charge in [0.1, 0.15) is 0 Å². The molecule has 1 atom stereocenters. The summed E-state index contributed by atoms with van der Waals surface area (Å²) in [5.74, 6) is 0.816. The van der Waals surface area contributed by atoms with Crippen LogP contribution in [0.1, 0.15) is 43.7 Å². The fraction of sp³-hybridized carbons (Fsp3) is 0.750. The zero-order valence-corrected chi connectivity index (χ0v) is 9.15. The second-order valence-electron chi connectivity index (χ2n) is 4.89. The minimum absolute atomic E-state index is 0.672. The average Bonchev–Trinajstić information content (AvgIpc) is 3.02. The summed E-state index contributed by atoms with van der Waals surface area (Å²) in [5, 5.41) is 3.60. The van der Waals surface area contributed by atoms with Crippen LogP contribution in [0.2, 0.25) is 0 Å². The van der Waals surface area contributed by atoms with Crippen molar-refractivity contribution in [3.05, 3.63) is 18.2 Å². The summed E-state index contributed by atoms with van der Waals surface area (Å²) < 4.78 is 2.36. The Morgan fingerprint density at radius 3 is 3.00 bits per heavy atom. The molecule has 1 unspecified atom stereocenters. The Hall–Kier alpha value is -0.830. The summed E-state index contributed by atoms with van der Waals surface area (Å²) in [6.45, 7) is 2.31. The van der Waals surface area contributed by atoms with Crippen molar-refractivity contribution in [2.45, 2.75) is 50.6 Å². The maximum atomic E-state index is 4.28. The number of rotatable bonds is 3. The Balaban J connectivity index is 1.67. The lowest BCUT2D eigenvalue weighted by molar-refractivity contribution is 0.360. The van der Waals surface area contributed by atoms with E-state index in [1.807, 2.05) is 6.33 Å². The van der Waals surface area contributed by atoms with Gasteiger partial charge in [0.05, 0.1) is 6.33 Å². The highest BCUT2D eigenvalue weighted by Crippen LogP contribution is 2.39. The van der Waals surface area contributed by atoms with E-state index in [9.17, 15) is 0 Å². The van der Waals surface area contributed by atoms with Gasteiger partial charge < -0.3 is 9.88 Å². The number of imidazole rings is 1. The van der Waals surface area contributed by atoms with Gasteiger partial charge in [-0.2, -0.15) is 0 Å². The zero-order valence-electron chi connectivity index (χ0n) is 9.15. The van der Waals surface area contributed by atoms with Gasteiger partial charge in [-0.3, -0.25) is 0 Å². The molecule has 0 amide bonds. The van der Waals surface area contributed by atoms with E-state index in [1.165, 1.54) is 44.3 Å². The van der Waals surface area contributed by atoms with Gasteiger partial charge in [-0.05, 0) is 32.2 Å². The molecule has 1 aromatic rings. The van der Waals surface area contributed by atoms with Gasteiger partial charge in [-0.1, -0.05) is 6.42 Å². The van der Waals surface area contributed by atoms with E-state index >= 15 is 0 Å². The van der Waals surface area contributed by atoms with Gasteiger partial charge in [-0.25, -0.2) is 4.98 Å². The fourth-order valence-electron chi connectivity index (χ4n) is 2.52. The number of hydrogen-bond donors (Lipinski definition) is 1. The molecule has 82 valence electrons. The van der Waals surface area contributed by atoms with Crippen LogP contribution in [0.15, 0.2) is 12.5 Å². The Labute approximate surface area is 90.9 Å². The Morgan fingerprint density at radius 2 is 2.27 bits per heavy atom. The van der Waals surface area contributed by atoms with E-state index in [2.05, 4.69) is 21.1 Å². The standard InChI is InChI=1S/C12H19N3/c1-2-6-14-11(3-1)8-15-9-13-7-12(15)10-4-5-10/h7,9-11,14H,1-6,8H2. The lowest BCUT2D eigenvalue weighted by Gasteiger charge is -2.24. The molecule has 0 bridgehead atoms. The van der Waals surface area contributed by atoms with Crippen LogP contribution in [0.5, 0.6) is 0 Å². The fourth-order valence-corrected chi connectivity index (χ4v) is 2.52. The predicted octanol–water partition coefficient (Wildman–Crippen LogP) is 1.90. The molecule has 2 aliphatic rings. The summed E-state index contributed by atoms with van der Waals surface area (Å²) in [6.07, 6.45) is 10.8. The van der Waals surface area contributed by atoms with E-state index in [1.54, 1.807) is 0 Å². The summed E-state index contributed by atoms with van der Waals surface area (Å²) in [6, 6.07) is 0.672. The molecule has 3 rings (SSSR count). The molecule has 2 fully saturated rings. The molecule has 1 aliphatic heterocycles. The first kappa shape index (κ1) is 9.40. The molecular formula is C12H19N3. The van der Waals surface area contributed by atoms with Gasteiger partial charge in [0.25, 0.3) is 0 Å². The Morgan fingerprint density at radius 1 is 1.33 bits per heavy atom. The second-order valence-corrected chi connectivity index (χ2v) is 4.89. The van der Waals surface area contributed by atoms with E-state index in [0.717, 1.165) is 12.5 Å². The first-order chi connectivity index (χ1) is 7.43. The number of aromatic nitrogens is 2. The quantitative estimate of drug-likeness (QED) is 0.817. The first-order valence-corrected chi connectivity index (χ1v) is 6.17. The van der Waals surface area contributed by atoms with E-state index < -0.39 is 0 Å². The molecular weight excluding hydrogens is 186 g/mol. The molecule has 0 spiro atoms. The predicted molar refractivity (Wildman–Crippen MR) is 59.8 cm³/mol. The van der Waals surface area contributed by atoms with Crippen LogP contribution in [0.4, 0.5) is 0 Å². The van der Waals surface area contributed by atoms with Crippen molar-refractivity contribution >= 4 is 0 Å². The number of nitrogens with zero attached hydrogens (tertiary/aromatic N) is 2. The van der Waals surface area contributed by atoms with Gasteiger partial charge in [-0.15, -0.1) is 0 Å². The van der Waals surface area contributed by atoms with Crippen LogP contribution in [0.25, 0.3) is 0 Å². The lowest BCUT2D eigenvalue weighted by Crippen LogP contribution is -2.37. The summed E-state index contributed by atoms with van der Waals surface area (Å²) in [5.41, 5.74) is 1.46. The molecule has 1 aliphatic carbocycles. The van der Waals surface area contributed by atoms with E-state index in [0.29, 0.717) is 6.04 Å². The molecule has 15 heavy (non-hydrogen) atoms. The third kappa shape index (κ3) is 2.07. The molecule has 3 nitrogen and oxygen atoms in total. The molecule has 0 radical (unpaired) electrons. The highest BCUT2D eigenvalue weighted by Gasteiger charge is 2.27. The van der Waals surface area contributed by atoms with Crippen molar-refractivity contribution in [2.75, 3.05) is 6.54 Å². The minimum atomic E-state index is 0.672. The highest BCUT2D eigenvalue weighted by atomic mass is 15.1. The minimum Gasteiger partial charge on any atom is -0.333 e. The maximum Gasteiger partial charge on any atom is 0.0948 e. The van der Waals surface area contributed by atoms with Crippen LogP contribution in [-0.4, -0.2) is 22.1 Å². The van der Waals surface area contributed by atoms with Crippen molar-refractivity contribution in [2.24, 2.45) is 0 Å². The molecule has 1 N–H and O–H groups in total. The lowest BCUT2D eigenvalue weighted by atomic mass is 10.1. The number of hydrogen-bond acceptors (Lipinski definition) is 2. The Bertz CT molecular complexity index is 321. The molecule has 1 saturated heterocycles. The summed E-state index contributed by atoms with van der Waals surface area (Å²) in [4.78, 5) is 4.28. The monoisotopic (exact) mass is 205 g/mol. The van der Waals surface area contributed by atoms with Gasteiger partial charge in [0, 0.05) is 30.4 Å². The third-order valence-electron chi connectivity index (χ3n) is 3.57. The number of piperidine rings is 1. The average molecular weight is 205 g/mol. The van der Waals surface area contributed by atoms with E-state index in [4.69, 9.17) is 0 Å². The number of nitrogens with one attached hydrogen (secondary N) is 1. The summed E-state index contributed by atoms with van der Waals surface area (Å²) >= 11 is 0. The molecule has 1 aromatic heterocycles. The molecule has 0 aromatic carbocycles. The van der Waals surface area contributed by atoms with Crippen LogP contribution in [-0.2, 0) is 6.54 Å². The largest absolute Gasteiger partial charge is 0.333 e. The smallest absolute Gasteiger partial charge is 0.0948 e. The van der Waals surface area contributed by atoms with Crippen LogP contribution in [0, 0.1) is 0 Å². The summed E-state index contributed by atoms with van der Waals surface area (Å²) in [7, 11) is 0. The molecule has 2 heterocycles.